The predicted octanol–water partition coefficient (Wildman–Crippen LogP) is 4.12. The Labute approximate surface area is 140 Å². The second kappa shape index (κ2) is 7.00. The van der Waals surface area contributed by atoms with Crippen LogP contribution in [0, 0.1) is 13.8 Å². The highest BCUT2D eigenvalue weighted by atomic mass is 16.5. The zero-order valence-electron chi connectivity index (χ0n) is 13.6. The van der Waals surface area contributed by atoms with E-state index >= 15 is 0 Å². The summed E-state index contributed by atoms with van der Waals surface area (Å²) in [6.45, 7) is 4.32. The number of hydrogen-bond acceptors (Lipinski definition) is 4. The summed E-state index contributed by atoms with van der Waals surface area (Å²) in [7, 11) is 0. The molecule has 1 N–H and O–H groups in total. The maximum absolute atomic E-state index is 12.2. The molecule has 24 heavy (non-hydrogen) atoms. The van der Waals surface area contributed by atoms with Crippen molar-refractivity contribution >= 4 is 11.6 Å². The number of carbonyl (C=O) groups excluding carboxylic acids is 1. The first-order valence-electron chi connectivity index (χ1n) is 7.63. The molecule has 2 aromatic carbocycles. The van der Waals surface area contributed by atoms with Crippen LogP contribution >= 0.6 is 0 Å². The average molecular weight is 322 g/mol. The van der Waals surface area contributed by atoms with Crippen LogP contribution in [0.2, 0.25) is 0 Å². The molecule has 5 nitrogen and oxygen atoms in total. The minimum Gasteiger partial charge on any atom is -0.471 e. The summed E-state index contributed by atoms with van der Waals surface area (Å²) < 4.78 is 10.6. The van der Waals surface area contributed by atoms with Gasteiger partial charge in [0.15, 0.2) is 0 Å². The van der Waals surface area contributed by atoms with Gasteiger partial charge in [-0.2, -0.15) is 0 Å². The molecule has 0 saturated carbocycles. The van der Waals surface area contributed by atoms with Gasteiger partial charge in [0.25, 0.3) is 11.8 Å². The van der Waals surface area contributed by atoms with Crippen LogP contribution in [0.4, 0.5) is 5.69 Å². The molecule has 0 aliphatic heterocycles. The van der Waals surface area contributed by atoms with Crippen LogP contribution in [0.15, 0.2) is 59.1 Å². The molecule has 0 aliphatic rings. The van der Waals surface area contributed by atoms with Gasteiger partial charge in [-0.15, -0.1) is 0 Å². The van der Waals surface area contributed by atoms with Gasteiger partial charge >= 0.3 is 0 Å². The van der Waals surface area contributed by atoms with Crippen LogP contribution in [0.5, 0.6) is 5.88 Å². The van der Waals surface area contributed by atoms with E-state index in [1.807, 2.05) is 62.4 Å². The third-order valence-corrected chi connectivity index (χ3v) is 3.42. The molecule has 1 aromatic heterocycles. The van der Waals surface area contributed by atoms with Gasteiger partial charge in [0.2, 0.25) is 5.76 Å². The van der Waals surface area contributed by atoms with Crippen molar-refractivity contribution in [1.82, 2.24) is 5.16 Å². The maximum Gasteiger partial charge on any atom is 0.294 e. The summed E-state index contributed by atoms with van der Waals surface area (Å²) in [5.41, 5.74) is 3.90. The fraction of sp³-hybridized carbons (Fsp3) is 0.158. The third-order valence-electron chi connectivity index (χ3n) is 3.42. The Bertz CT molecular complexity index is 821. The number of nitrogens with one attached hydrogen (secondary N) is 1. The van der Waals surface area contributed by atoms with Crippen molar-refractivity contribution in [1.29, 1.82) is 0 Å². The Morgan fingerprint density at radius 2 is 1.79 bits per heavy atom. The van der Waals surface area contributed by atoms with Gasteiger partial charge in [0, 0.05) is 5.69 Å². The van der Waals surface area contributed by atoms with Crippen molar-refractivity contribution < 1.29 is 14.1 Å². The van der Waals surface area contributed by atoms with Crippen LogP contribution in [-0.4, -0.2) is 11.1 Å². The minimum absolute atomic E-state index is 0.109. The number of rotatable bonds is 5. The Morgan fingerprint density at radius 1 is 1.08 bits per heavy atom. The van der Waals surface area contributed by atoms with Crippen molar-refractivity contribution in [3.05, 3.63) is 77.0 Å². The number of ether oxygens (including phenoxy) is 1. The Balaban J connectivity index is 1.63. The lowest BCUT2D eigenvalue weighted by molar-refractivity contribution is 0.0987. The monoisotopic (exact) mass is 322 g/mol. The molecule has 3 rings (SSSR count). The number of carbonyl (C=O) groups is 1. The SMILES string of the molecule is Cc1cc(C)cc(NC(=O)c2cc(OCc3ccccc3)no2)c1. The lowest BCUT2D eigenvalue weighted by Gasteiger charge is -2.05. The number of amides is 1. The standard InChI is InChI=1S/C19H18N2O3/c1-13-8-14(2)10-16(9-13)20-19(22)17-11-18(21-24-17)23-12-15-6-4-3-5-7-15/h3-11H,12H2,1-2H3,(H,20,22). The van der Waals surface area contributed by atoms with E-state index in [9.17, 15) is 4.79 Å². The molecule has 0 fully saturated rings. The zero-order valence-corrected chi connectivity index (χ0v) is 13.6. The lowest BCUT2D eigenvalue weighted by atomic mass is 10.1. The normalized spacial score (nSPS) is 10.4. The van der Waals surface area contributed by atoms with E-state index in [0.717, 1.165) is 22.4 Å². The number of hydrogen-bond donors (Lipinski definition) is 1. The molecule has 1 amide bonds. The van der Waals surface area contributed by atoms with Gasteiger partial charge in [0.1, 0.15) is 6.61 Å². The number of nitrogens with zero attached hydrogens (tertiary/aromatic N) is 1. The van der Waals surface area contributed by atoms with E-state index in [4.69, 9.17) is 9.26 Å². The first-order valence-corrected chi connectivity index (χ1v) is 7.63. The lowest BCUT2D eigenvalue weighted by Crippen LogP contribution is -2.11. The maximum atomic E-state index is 12.2. The molecular formula is C19H18N2O3. The molecule has 5 heteroatoms. The van der Waals surface area contributed by atoms with Crippen LogP contribution in [0.1, 0.15) is 27.2 Å². The molecule has 0 atom stereocenters. The number of aromatic nitrogens is 1. The van der Waals surface area contributed by atoms with Crippen LogP contribution in [0.3, 0.4) is 0 Å². The third kappa shape index (κ3) is 4.01. The van der Waals surface area contributed by atoms with E-state index < -0.39 is 0 Å². The summed E-state index contributed by atoms with van der Waals surface area (Å²) >= 11 is 0. The van der Waals surface area contributed by atoms with Crippen molar-refractivity contribution in [2.45, 2.75) is 20.5 Å². The number of anilines is 1. The van der Waals surface area contributed by atoms with E-state index in [2.05, 4.69) is 10.5 Å². The van der Waals surface area contributed by atoms with Gasteiger partial charge in [-0.05, 0) is 47.8 Å². The summed E-state index contributed by atoms with van der Waals surface area (Å²) in [5.74, 6) is 0.0312. The van der Waals surface area contributed by atoms with Gasteiger partial charge in [-0.3, -0.25) is 4.79 Å². The average Bonchev–Trinajstić information content (AvgIpc) is 3.02. The molecule has 0 bridgehead atoms. The molecule has 0 radical (unpaired) electrons. The highest BCUT2D eigenvalue weighted by molar-refractivity contribution is 6.02. The molecule has 1 heterocycles. The Kier molecular flexibility index (Phi) is 4.61. The minimum atomic E-state index is -0.359. The van der Waals surface area contributed by atoms with Crippen LogP contribution in [-0.2, 0) is 6.61 Å². The van der Waals surface area contributed by atoms with Gasteiger partial charge in [-0.25, -0.2) is 0 Å². The zero-order chi connectivity index (χ0) is 16.9. The molecule has 0 aliphatic carbocycles. The largest absolute Gasteiger partial charge is 0.471 e. The molecule has 3 aromatic rings. The van der Waals surface area contributed by atoms with Gasteiger partial charge in [-0.1, -0.05) is 36.4 Å². The first-order chi connectivity index (χ1) is 11.6. The van der Waals surface area contributed by atoms with Gasteiger partial charge in [0.05, 0.1) is 6.07 Å². The van der Waals surface area contributed by atoms with Crippen LogP contribution in [0.25, 0.3) is 0 Å². The number of benzene rings is 2. The quantitative estimate of drug-likeness (QED) is 0.767. The van der Waals surface area contributed by atoms with E-state index in [1.54, 1.807) is 0 Å². The summed E-state index contributed by atoms with van der Waals surface area (Å²) in [6.07, 6.45) is 0. The van der Waals surface area contributed by atoms with E-state index in [0.29, 0.717) is 6.61 Å². The van der Waals surface area contributed by atoms with Crippen molar-refractivity contribution in [2.24, 2.45) is 0 Å². The molecule has 0 unspecified atom stereocenters. The molecule has 0 saturated heterocycles. The Morgan fingerprint density at radius 3 is 2.50 bits per heavy atom. The number of aryl methyl sites for hydroxylation is 2. The second-order valence-corrected chi connectivity index (χ2v) is 5.63. The fourth-order valence-electron chi connectivity index (χ4n) is 2.41. The van der Waals surface area contributed by atoms with E-state index in [1.165, 1.54) is 6.07 Å². The van der Waals surface area contributed by atoms with E-state index in [-0.39, 0.29) is 17.5 Å². The van der Waals surface area contributed by atoms with Crippen molar-refractivity contribution in [3.8, 4) is 5.88 Å². The van der Waals surface area contributed by atoms with Gasteiger partial charge < -0.3 is 14.6 Å². The summed E-state index contributed by atoms with van der Waals surface area (Å²) in [4.78, 5) is 12.2. The first kappa shape index (κ1) is 15.8. The van der Waals surface area contributed by atoms with Crippen LogP contribution < -0.4 is 10.1 Å². The molecule has 0 spiro atoms. The predicted molar refractivity (Wildman–Crippen MR) is 91.1 cm³/mol. The summed E-state index contributed by atoms with van der Waals surface area (Å²) in [6, 6.07) is 17.0. The summed E-state index contributed by atoms with van der Waals surface area (Å²) in [5, 5.41) is 6.57. The molecular weight excluding hydrogens is 304 g/mol. The smallest absolute Gasteiger partial charge is 0.294 e. The molecule has 122 valence electrons. The topological polar surface area (TPSA) is 64.4 Å². The van der Waals surface area contributed by atoms with Crippen molar-refractivity contribution in [3.63, 3.8) is 0 Å². The Hall–Kier alpha value is -3.08. The second-order valence-electron chi connectivity index (χ2n) is 5.63. The highest BCUT2D eigenvalue weighted by Crippen LogP contribution is 2.17. The van der Waals surface area contributed by atoms with Crippen molar-refractivity contribution in [2.75, 3.05) is 5.32 Å². The highest BCUT2D eigenvalue weighted by Gasteiger charge is 2.14. The fourth-order valence-corrected chi connectivity index (χ4v) is 2.41.